The van der Waals surface area contributed by atoms with Crippen molar-refractivity contribution in [3.63, 3.8) is 0 Å². The Hall–Kier alpha value is -1.21. The van der Waals surface area contributed by atoms with Gasteiger partial charge in [0, 0.05) is 19.1 Å². The van der Waals surface area contributed by atoms with E-state index in [0.717, 1.165) is 25.9 Å². The molecule has 0 saturated carbocycles. The third-order valence-corrected chi connectivity index (χ3v) is 3.78. The summed E-state index contributed by atoms with van der Waals surface area (Å²) in [7, 11) is 0. The fraction of sp³-hybridized carbons (Fsp3) is 0.727. The van der Waals surface area contributed by atoms with Crippen molar-refractivity contribution in [3.05, 3.63) is 0 Å². The molecule has 2 saturated heterocycles. The second kappa shape index (κ2) is 5.19. The summed E-state index contributed by atoms with van der Waals surface area (Å²) in [6.45, 7) is 3.65. The van der Waals surface area contributed by atoms with Crippen LogP contribution in [0.3, 0.4) is 0 Å². The van der Waals surface area contributed by atoms with Gasteiger partial charge >= 0.3 is 0 Å². The number of hydrogen-bond acceptors (Lipinski definition) is 4. The van der Waals surface area contributed by atoms with Crippen molar-refractivity contribution >= 4 is 29.1 Å². The van der Waals surface area contributed by atoms with Gasteiger partial charge in [-0.1, -0.05) is 0 Å². The van der Waals surface area contributed by atoms with Crippen molar-refractivity contribution in [3.8, 4) is 0 Å². The predicted molar refractivity (Wildman–Crippen MR) is 70.7 cm³/mol. The molecule has 2 amide bonds. The molecule has 0 aromatic rings. The normalized spacial score (nSPS) is 26.5. The minimum atomic E-state index is -0.309. The molecular weight excluding hydrogens is 252 g/mol. The number of hydrogen-bond donors (Lipinski definition) is 2. The molecule has 0 aromatic heterocycles. The van der Waals surface area contributed by atoms with Crippen LogP contribution in [-0.4, -0.2) is 58.4 Å². The molecule has 0 radical (unpaired) electrons. The first-order valence-corrected chi connectivity index (χ1v) is 6.54. The Morgan fingerprint density at radius 2 is 2.11 bits per heavy atom. The van der Waals surface area contributed by atoms with Crippen LogP contribution >= 0.6 is 12.2 Å². The molecule has 100 valence electrons. The smallest absolute Gasteiger partial charge is 0.251 e. The Labute approximate surface area is 111 Å². The van der Waals surface area contributed by atoms with E-state index in [9.17, 15) is 9.59 Å². The molecule has 2 fully saturated rings. The highest BCUT2D eigenvalue weighted by Gasteiger charge is 2.38. The summed E-state index contributed by atoms with van der Waals surface area (Å²) in [6.07, 6.45) is 1.65. The van der Waals surface area contributed by atoms with Gasteiger partial charge in [0.15, 0.2) is 5.11 Å². The minimum Gasteiger partial charge on any atom is -0.369 e. The molecule has 0 aliphatic carbocycles. The van der Waals surface area contributed by atoms with E-state index in [-0.39, 0.29) is 23.9 Å². The second-order valence-corrected chi connectivity index (χ2v) is 5.24. The SMILES string of the molecule is C[C@H]1NC(=S)N(C2CCN(CC(N)=O)CC2)C1=O. The number of carbonyl (C=O) groups is 2. The first-order chi connectivity index (χ1) is 8.49. The number of thiocarbonyl (C=S) groups is 1. The van der Waals surface area contributed by atoms with Crippen LogP contribution in [0.5, 0.6) is 0 Å². The van der Waals surface area contributed by atoms with Gasteiger partial charge in [0.05, 0.1) is 6.54 Å². The number of piperidine rings is 1. The van der Waals surface area contributed by atoms with E-state index in [0.29, 0.717) is 11.7 Å². The molecule has 1 atom stereocenters. The van der Waals surface area contributed by atoms with Gasteiger partial charge in [-0.25, -0.2) is 0 Å². The summed E-state index contributed by atoms with van der Waals surface area (Å²) < 4.78 is 0. The van der Waals surface area contributed by atoms with E-state index in [4.69, 9.17) is 18.0 Å². The Balaban J connectivity index is 1.92. The zero-order valence-corrected chi connectivity index (χ0v) is 11.2. The molecule has 18 heavy (non-hydrogen) atoms. The molecule has 0 aromatic carbocycles. The maximum Gasteiger partial charge on any atom is 0.251 e. The van der Waals surface area contributed by atoms with Crippen LogP contribution in [0.25, 0.3) is 0 Å². The van der Waals surface area contributed by atoms with Crippen molar-refractivity contribution < 1.29 is 9.59 Å². The van der Waals surface area contributed by atoms with Crippen LogP contribution in [-0.2, 0) is 9.59 Å². The van der Waals surface area contributed by atoms with E-state index in [2.05, 4.69) is 5.32 Å². The van der Waals surface area contributed by atoms with Gasteiger partial charge < -0.3 is 11.1 Å². The zero-order valence-electron chi connectivity index (χ0n) is 10.4. The summed E-state index contributed by atoms with van der Waals surface area (Å²) in [4.78, 5) is 26.5. The minimum absolute atomic E-state index is 0.0494. The van der Waals surface area contributed by atoms with Crippen LogP contribution in [0.15, 0.2) is 0 Å². The number of amides is 2. The fourth-order valence-electron chi connectivity index (χ4n) is 2.53. The number of primary amides is 1. The van der Waals surface area contributed by atoms with Gasteiger partial charge in [-0.05, 0) is 32.0 Å². The molecule has 2 aliphatic heterocycles. The summed E-state index contributed by atoms with van der Waals surface area (Å²) >= 11 is 5.18. The highest BCUT2D eigenvalue weighted by Crippen LogP contribution is 2.20. The van der Waals surface area contributed by atoms with E-state index < -0.39 is 0 Å². The maximum absolute atomic E-state index is 12.0. The summed E-state index contributed by atoms with van der Waals surface area (Å²) in [5.74, 6) is -0.259. The molecule has 3 N–H and O–H groups in total. The molecule has 0 unspecified atom stereocenters. The third kappa shape index (κ3) is 2.62. The number of nitrogens with zero attached hydrogens (tertiary/aromatic N) is 2. The largest absolute Gasteiger partial charge is 0.369 e. The lowest BCUT2D eigenvalue weighted by atomic mass is 10.0. The third-order valence-electron chi connectivity index (χ3n) is 3.47. The molecule has 0 spiro atoms. The van der Waals surface area contributed by atoms with Crippen LogP contribution in [0.2, 0.25) is 0 Å². The summed E-state index contributed by atoms with van der Waals surface area (Å²) in [5.41, 5.74) is 5.17. The maximum atomic E-state index is 12.0. The topological polar surface area (TPSA) is 78.7 Å². The van der Waals surface area contributed by atoms with Crippen molar-refractivity contribution in [1.29, 1.82) is 0 Å². The average Bonchev–Trinajstić information content (AvgIpc) is 2.54. The molecule has 2 heterocycles. The Morgan fingerprint density at radius 1 is 1.50 bits per heavy atom. The lowest BCUT2D eigenvalue weighted by molar-refractivity contribution is -0.129. The number of carbonyl (C=O) groups excluding carboxylic acids is 2. The monoisotopic (exact) mass is 270 g/mol. The Kier molecular flexibility index (Phi) is 3.82. The van der Waals surface area contributed by atoms with E-state index >= 15 is 0 Å². The quantitative estimate of drug-likeness (QED) is 0.646. The molecule has 2 aliphatic rings. The number of rotatable bonds is 3. The fourth-order valence-corrected chi connectivity index (χ4v) is 2.94. The molecule has 7 heteroatoms. The molecular formula is C11H18N4O2S. The van der Waals surface area contributed by atoms with Crippen molar-refractivity contribution in [1.82, 2.24) is 15.1 Å². The lowest BCUT2D eigenvalue weighted by Gasteiger charge is -2.35. The highest BCUT2D eigenvalue weighted by atomic mass is 32.1. The van der Waals surface area contributed by atoms with Crippen molar-refractivity contribution in [2.75, 3.05) is 19.6 Å². The number of likely N-dealkylation sites (tertiary alicyclic amines) is 1. The van der Waals surface area contributed by atoms with Gasteiger partial charge in [-0.3, -0.25) is 19.4 Å². The molecule has 0 bridgehead atoms. The highest BCUT2D eigenvalue weighted by molar-refractivity contribution is 7.80. The summed E-state index contributed by atoms with van der Waals surface area (Å²) in [5, 5.41) is 3.51. The zero-order chi connectivity index (χ0) is 13.3. The first kappa shape index (κ1) is 13.2. The van der Waals surface area contributed by atoms with Crippen LogP contribution in [0.1, 0.15) is 19.8 Å². The Morgan fingerprint density at radius 3 is 2.56 bits per heavy atom. The van der Waals surface area contributed by atoms with Gasteiger partial charge in [0.25, 0.3) is 5.91 Å². The van der Waals surface area contributed by atoms with Crippen LogP contribution < -0.4 is 11.1 Å². The van der Waals surface area contributed by atoms with Gasteiger partial charge in [0.1, 0.15) is 6.04 Å². The van der Waals surface area contributed by atoms with Gasteiger partial charge in [-0.15, -0.1) is 0 Å². The van der Waals surface area contributed by atoms with Gasteiger partial charge in [0.2, 0.25) is 5.91 Å². The average molecular weight is 270 g/mol. The van der Waals surface area contributed by atoms with Crippen molar-refractivity contribution in [2.45, 2.75) is 31.8 Å². The molecule has 6 nitrogen and oxygen atoms in total. The predicted octanol–water partition coefficient (Wildman–Crippen LogP) is -0.959. The van der Waals surface area contributed by atoms with E-state index in [1.54, 1.807) is 4.90 Å². The first-order valence-electron chi connectivity index (χ1n) is 6.13. The number of nitrogens with one attached hydrogen (secondary N) is 1. The second-order valence-electron chi connectivity index (χ2n) is 4.85. The number of nitrogens with two attached hydrogens (primary N) is 1. The molecule has 2 rings (SSSR count). The lowest BCUT2D eigenvalue weighted by Crippen LogP contribution is -2.49. The van der Waals surface area contributed by atoms with Crippen molar-refractivity contribution in [2.24, 2.45) is 5.73 Å². The van der Waals surface area contributed by atoms with E-state index in [1.165, 1.54) is 0 Å². The van der Waals surface area contributed by atoms with E-state index in [1.807, 2.05) is 11.8 Å². The van der Waals surface area contributed by atoms with Crippen LogP contribution in [0.4, 0.5) is 0 Å². The van der Waals surface area contributed by atoms with Crippen LogP contribution in [0, 0.1) is 0 Å². The Bertz CT molecular complexity index is 379. The van der Waals surface area contributed by atoms with Gasteiger partial charge in [-0.2, -0.15) is 0 Å². The standard InChI is InChI=1S/C11H18N4O2S/c1-7-10(17)15(11(18)13-7)8-2-4-14(5-3-8)6-9(12)16/h7-8H,2-6H2,1H3,(H2,12,16)(H,13,18)/t7-/m1/s1. The summed E-state index contributed by atoms with van der Waals surface area (Å²) in [6, 6.07) is -0.0762.